The van der Waals surface area contributed by atoms with Crippen LogP contribution in [-0.2, 0) is 19.1 Å². The third-order valence-corrected chi connectivity index (χ3v) is 7.11. The van der Waals surface area contributed by atoms with E-state index in [9.17, 15) is 14.4 Å². The fraction of sp³-hybridized carbons (Fsp3) is 0.783. The van der Waals surface area contributed by atoms with Crippen LogP contribution in [0.15, 0.2) is 12.2 Å². The van der Waals surface area contributed by atoms with Crippen LogP contribution in [-0.4, -0.2) is 35.6 Å². The number of Topliss-reactive ketones (excluding diaryl/α,β-unsaturated/α-hetero) is 1. The number of nitrogens with one attached hydrogen (secondary N) is 1. The van der Waals surface area contributed by atoms with Gasteiger partial charge >= 0.3 is 12.1 Å². The standard InChI is InChI=1S/C23H35NO5/c1-6-21(4,5)19(26)28-22-10-16-9-17(11-22)13-23(12-16,14-22)29-20(27)24-8-7-18(25)15(2)3/h16-17H,2,6-14H2,1,3-5H3,(H,24,27). The van der Waals surface area contributed by atoms with Gasteiger partial charge in [0, 0.05) is 19.4 Å². The van der Waals surface area contributed by atoms with Crippen LogP contribution in [0.25, 0.3) is 0 Å². The van der Waals surface area contributed by atoms with Crippen LogP contribution in [0.5, 0.6) is 0 Å². The van der Waals surface area contributed by atoms with E-state index in [1.54, 1.807) is 6.92 Å². The van der Waals surface area contributed by atoms with Crippen molar-refractivity contribution in [1.29, 1.82) is 0 Å². The molecule has 0 saturated heterocycles. The van der Waals surface area contributed by atoms with Gasteiger partial charge < -0.3 is 14.8 Å². The first-order chi connectivity index (χ1) is 13.5. The molecule has 0 heterocycles. The van der Waals surface area contributed by atoms with Crippen molar-refractivity contribution in [2.45, 2.75) is 90.3 Å². The number of ether oxygens (including phenoxy) is 2. The van der Waals surface area contributed by atoms with Gasteiger partial charge in [0.05, 0.1) is 5.41 Å². The molecule has 29 heavy (non-hydrogen) atoms. The van der Waals surface area contributed by atoms with Gasteiger partial charge in [-0.05, 0) is 76.7 Å². The molecule has 0 aromatic rings. The first kappa shape index (κ1) is 21.8. The predicted octanol–water partition coefficient (Wildman–Crippen LogP) is 4.32. The molecule has 6 heteroatoms. The van der Waals surface area contributed by atoms with E-state index < -0.39 is 22.7 Å². The molecular weight excluding hydrogens is 370 g/mol. The van der Waals surface area contributed by atoms with Crippen LogP contribution in [0.1, 0.15) is 79.1 Å². The van der Waals surface area contributed by atoms with Gasteiger partial charge in [-0.2, -0.15) is 0 Å². The molecule has 0 spiro atoms. The van der Waals surface area contributed by atoms with Crippen molar-refractivity contribution in [3.8, 4) is 0 Å². The van der Waals surface area contributed by atoms with Gasteiger partial charge in [0.1, 0.15) is 11.2 Å². The van der Waals surface area contributed by atoms with E-state index in [0.29, 0.717) is 23.8 Å². The summed E-state index contributed by atoms with van der Waals surface area (Å²) in [6.45, 7) is 11.3. The average molecular weight is 406 g/mol. The molecule has 2 unspecified atom stereocenters. The van der Waals surface area contributed by atoms with E-state index in [0.717, 1.165) is 38.5 Å². The summed E-state index contributed by atoms with van der Waals surface area (Å²) in [5.41, 5.74) is -1.10. The molecule has 162 valence electrons. The van der Waals surface area contributed by atoms with Crippen molar-refractivity contribution in [2.75, 3.05) is 6.54 Å². The first-order valence-corrected chi connectivity index (χ1v) is 10.9. The van der Waals surface area contributed by atoms with Crippen molar-refractivity contribution in [2.24, 2.45) is 17.3 Å². The summed E-state index contributed by atoms with van der Waals surface area (Å²) in [4.78, 5) is 36.9. The van der Waals surface area contributed by atoms with Gasteiger partial charge in [0.15, 0.2) is 5.78 Å². The number of ketones is 1. The summed E-state index contributed by atoms with van der Waals surface area (Å²) in [7, 11) is 0. The zero-order valence-corrected chi connectivity index (χ0v) is 18.3. The minimum Gasteiger partial charge on any atom is -0.458 e. The van der Waals surface area contributed by atoms with E-state index in [-0.39, 0.29) is 24.7 Å². The zero-order valence-electron chi connectivity index (χ0n) is 18.3. The molecule has 4 aliphatic rings. The van der Waals surface area contributed by atoms with Crippen molar-refractivity contribution < 1.29 is 23.9 Å². The lowest BCUT2D eigenvalue weighted by Crippen LogP contribution is -2.62. The maximum atomic E-state index is 12.8. The van der Waals surface area contributed by atoms with Crippen LogP contribution >= 0.6 is 0 Å². The zero-order chi connectivity index (χ0) is 21.4. The molecule has 0 aromatic carbocycles. The molecule has 0 radical (unpaired) electrons. The highest BCUT2D eigenvalue weighted by atomic mass is 16.6. The van der Waals surface area contributed by atoms with E-state index >= 15 is 0 Å². The monoisotopic (exact) mass is 405 g/mol. The van der Waals surface area contributed by atoms with Crippen LogP contribution in [0.2, 0.25) is 0 Å². The summed E-state index contributed by atoms with van der Waals surface area (Å²) in [6.07, 6.45) is 5.56. The largest absolute Gasteiger partial charge is 0.458 e. The lowest BCUT2D eigenvalue weighted by atomic mass is 9.52. The molecule has 2 atom stereocenters. The third kappa shape index (κ3) is 4.67. The van der Waals surface area contributed by atoms with Gasteiger partial charge in [-0.3, -0.25) is 9.59 Å². The van der Waals surface area contributed by atoms with Gasteiger partial charge in [-0.15, -0.1) is 0 Å². The average Bonchev–Trinajstić information content (AvgIpc) is 2.59. The SMILES string of the molecule is C=C(C)C(=O)CCNC(=O)OC12CC3CC(C1)CC(OC(=O)C(C)(C)CC)(C3)C2. The van der Waals surface area contributed by atoms with E-state index in [1.165, 1.54) is 0 Å². The number of hydrogen-bond donors (Lipinski definition) is 1. The fourth-order valence-electron chi connectivity index (χ4n) is 5.54. The molecule has 4 rings (SSSR count). The smallest absolute Gasteiger partial charge is 0.407 e. The Morgan fingerprint density at radius 3 is 2.14 bits per heavy atom. The summed E-state index contributed by atoms with van der Waals surface area (Å²) in [5.74, 6) is 0.627. The van der Waals surface area contributed by atoms with Crippen LogP contribution in [0, 0.1) is 17.3 Å². The number of amides is 1. The van der Waals surface area contributed by atoms with Gasteiger partial charge in [-0.25, -0.2) is 4.79 Å². The first-order valence-electron chi connectivity index (χ1n) is 10.9. The molecule has 1 N–H and O–H groups in total. The molecule has 1 amide bonds. The van der Waals surface area contributed by atoms with Gasteiger partial charge in [0.2, 0.25) is 0 Å². The second kappa shape index (κ2) is 7.77. The summed E-state index contributed by atoms with van der Waals surface area (Å²) >= 11 is 0. The topological polar surface area (TPSA) is 81.7 Å². The Kier molecular flexibility index (Phi) is 5.85. The summed E-state index contributed by atoms with van der Waals surface area (Å²) in [6, 6.07) is 0. The predicted molar refractivity (Wildman–Crippen MR) is 109 cm³/mol. The Morgan fingerprint density at radius 1 is 1.07 bits per heavy atom. The van der Waals surface area contributed by atoms with Crippen molar-refractivity contribution in [1.82, 2.24) is 5.32 Å². The number of allylic oxidation sites excluding steroid dienone is 1. The maximum absolute atomic E-state index is 12.8. The van der Waals surface area contributed by atoms with Crippen molar-refractivity contribution >= 4 is 17.8 Å². The second-order valence-electron chi connectivity index (χ2n) is 10.2. The Hall–Kier alpha value is -1.85. The Bertz CT molecular complexity index is 696. The highest BCUT2D eigenvalue weighted by molar-refractivity contribution is 5.94. The number of hydrogen-bond acceptors (Lipinski definition) is 5. The number of rotatable bonds is 8. The van der Waals surface area contributed by atoms with Crippen LogP contribution in [0.4, 0.5) is 4.79 Å². The summed E-state index contributed by atoms with van der Waals surface area (Å²) < 4.78 is 12.1. The minimum atomic E-state index is -0.566. The summed E-state index contributed by atoms with van der Waals surface area (Å²) in [5, 5.41) is 2.70. The number of alkyl carbamates (subject to hydrolysis) is 1. The maximum Gasteiger partial charge on any atom is 0.407 e. The van der Waals surface area contributed by atoms with Gasteiger partial charge in [0.25, 0.3) is 0 Å². The van der Waals surface area contributed by atoms with E-state index in [4.69, 9.17) is 9.47 Å². The highest BCUT2D eigenvalue weighted by Crippen LogP contribution is 2.60. The van der Waals surface area contributed by atoms with E-state index in [1.807, 2.05) is 20.8 Å². The fourth-order valence-corrected chi connectivity index (χ4v) is 5.54. The Balaban J connectivity index is 1.64. The van der Waals surface area contributed by atoms with E-state index in [2.05, 4.69) is 11.9 Å². The number of carbonyl (C=O) groups is 3. The van der Waals surface area contributed by atoms with Crippen LogP contribution < -0.4 is 5.32 Å². The quantitative estimate of drug-likeness (QED) is 0.480. The normalized spacial score (nSPS) is 32.6. The third-order valence-electron chi connectivity index (χ3n) is 7.11. The minimum absolute atomic E-state index is 0.0653. The molecule has 4 fully saturated rings. The van der Waals surface area contributed by atoms with Crippen molar-refractivity contribution in [3.63, 3.8) is 0 Å². The molecule has 6 nitrogen and oxygen atoms in total. The van der Waals surface area contributed by atoms with Crippen molar-refractivity contribution in [3.05, 3.63) is 12.2 Å². The van der Waals surface area contributed by atoms with Crippen LogP contribution in [0.3, 0.4) is 0 Å². The molecule has 4 bridgehead atoms. The highest BCUT2D eigenvalue weighted by Gasteiger charge is 2.62. The Labute approximate surface area is 173 Å². The number of esters is 1. The lowest BCUT2D eigenvalue weighted by molar-refractivity contribution is -0.224. The second-order valence-corrected chi connectivity index (χ2v) is 10.2. The Morgan fingerprint density at radius 2 is 1.62 bits per heavy atom. The molecule has 0 aliphatic heterocycles. The molecule has 0 aromatic heterocycles. The molecular formula is C23H35NO5. The molecule has 4 saturated carbocycles. The number of carbonyl (C=O) groups excluding carboxylic acids is 3. The lowest BCUT2D eigenvalue weighted by Gasteiger charge is -2.60. The molecule has 4 aliphatic carbocycles. The van der Waals surface area contributed by atoms with Gasteiger partial charge in [-0.1, -0.05) is 13.5 Å².